The van der Waals surface area contributed by atoms with Crippen molar-refractivity contribution >= 4 is 17.1 Å². The number of hydrogen-bond donors (Lipinski definition) is 0. The van der Waals surface area contributed by atoms with Crippen molar-refractivity contribution in [2.75, 3.05) is 6.61 Å². The van der Waals surface area contributed by atoms with Crippen LogP contribution in [0.15, 0.2) is 0 Å². The molecule has 0 aliphatic rings. The van der Waals surface area contributed by atoms with Gasteiger partial charge < -0.3 is 4.43 Å². The molecule has 0 aliphatic heterocycles. The Morgan fingerprint density at radius 1 is 0.895 bits per heavy atom. The Morgan fingerprint density at radius 3 is 1.84 bits per heavy atom. The third-order valence-corrected chi connectivity index (χ3v) is 6.54. The third kappa shape index (κ3) is 11.9. The highest BCUT2D eigenvalue weighted by Gasteiger charge is 2.20. The molecule has 3 heteroatoms. The first-order valence-electron chi connectivity index (χ1n) is 8.21. The minimum absolute atomic E-state index is 0.492. The zero-order valence-corrected chi connectivity index (χ0v) is 16.5. The van der Waals surface area contributed by atoms with Crippen LogP contribution in [0.2, 0.25) is 38.8 Å². The fourth-order valence-corrected chi connectivity index (χ4v) is 5.52. The smallest absolute Gasteiger partial charge is 0.204 e. The van der Waals surface area contributed by atoms with Crippen molar-refractivity contribution in [2.24, 2.45) is 11.8 Å². The zero-order chi connectivity index (χ0) is 14.9. The second-order valence-corrected chi connectivity index (χ2v) is 15.1. The monoisotopic (exact) mass is 301 g/mol. The summed E-state index contributed by atoms with van der Waals surface area (Å²) in [6.45, 7) is 17.7. The summed E-state index contributed by atoms with van der Waals surface area (Å²) in [4.78, 5) is 0. The van der Waals surface area contributed by atoms with E-state index in [-0.39, 0.29) is 0 Å². The van der Waals surface area contributed by atoms with Crippen LogP contribution >= 0.6 is 0 Å². The topological polar surface area (TPSA) is 9.23 Å². The predicted octanol–water partition coefficient (Wildman–Crippen LogP) is 5.82. The summed E-state index contributed by atoms with van der Waals surface area (Å²) in [6, 6.07) is 1.51. The van der Waals surface area contributed by atoms with Gasteiger partial charge in [0.15, 0.2) is 0 Å². The first kappa shape index (κ1) is 19.4. The molecule has 0 aromatic carbocycles. The second-order valence-electron chi connectivity index (χ2n) is 7.44. The average molecular weight is 302 g/mol. The van der Waals surface area contributed by atoms with E-state index in [1.807, 2.05) is 0 Å². The van der Waals surface area contributed by atoms with E-state index in [0.717, 1.165) is 18.4 Å². The molecule has 0 rings (SSSR count). The van der Waals surface area contributed by atoms with Gasteiger partial charge in [0.05, 0.1) is 0 Å². The molecule has 0 saturated carbocycles. The molecule has 2 unspecified atom stereocenters. The summed E-state index contributed by atoms with van der Waals surface area (Å²) in [5.41, 5.74) is 0. The zero-order valence-electron chi connectivity index (χ0n) is 14.5. The van der Waals surface area contributed by atoms with Crippen molar-refractivity contribution in [1.29, 1.82) is 0 Å². The summed E-state index contributed by atoms with van der Waals surface area (Å²) < 4.78 is 5.80. The van der Waals surface area contributed by atoms with Gasteiger partial charge in [0.2, 0.25) is 9.04 Å². The van der Waals surface area contributed by atoms with E-state index in [9.17, 15) is 0 Å². The molecule has 0 N–H and O–H groups in total. The van der Waals surface area contributed by atoms with Crippen molar-refractivity contribution < 1.29 is 4.43 Å². The van der Waals surface area contributed by atoms with Gasteiger partial charge in [-0.2, -0.15) is 0 Å². The summed E-state index contributed by atoms with van der Waals surface area (Å²) in [5.74, 6) is 1.86. The highest BCUT2D eigenvalue weighted by atomic mass is 28.3. The summed E-state index contributed by atoms with van der Waals surface area (Å²) >= 11 is 0. The van der Waals surface area contributed by atoms with Crippen LogP contribution in [0.25, 0.3) is 0 Å². The Kier molecular flexibility index (Phi) is 10.4. The molecule has 0 heterocycles. The first-order chi connectivity index (χ1) is 8.78. The van der Waals surface area contributed by atoms with Gasteiger partial charge in [0.1, 0.15) is 0 Å². The van der Waals surface area contributed by atoms with Gasteiger partial charge in [-0.05, 0) is 31.4 Å². The summed E-state index contributed by atoms with van der Waals surface area (Å²) in [5, 5.41) is 0. The number of hydrogen-bond acceptors (Lipinski definition) is 1. The molecule has 0 aromatic heterocycles. The van der Waals surface area contributed by atoms with Gasteiger partial charge in [0.25, 0.3) is 0 Å². The molecule has 0 fully saturated rings. The SMILES string of the molecule is CCC(CCO[Si](C)C)CCC(CC)C[Si](C)(C)C. The van der Waals surface area contributed by atoms with E-state index < -0.39 is 17.1 Å². The second kappa shape index (κ2) is 10.2. The molecule has 19 heavy (non-hydrogen) atoms. The van der Waals surface area contributed by atoms with E-state index in [4.69, 9.17) is 4.43 Å². The van der Waals surface area contributed by atoms with Crippen molar-refractivity contribution in [1.82, 2.24) is 0 Å². The Labute approximate surface area is 125 Å². The lowest BCUT2D eigenvalue weighted by Gasteiger charge is -2.25. The van der Waals surface area contributed by atoms with Crippen LogP contribution in [-0.2, 0) is 4.43 Å². The maximum Gasteiger partial charge on any atom is 0.204 e. The fourth-order valence-electron chi connectivity index (χ4n) is 2.77. The fraction of sp³-hybridized carbons (Fsp3) is 1.00. The normalized spacial score (nSPS) is 15.8. The Hall–Kier alpha value is 0.394. The van der Waals surface area contributed by atoms with Gasteiger partial charge in [-0.1, -0.05) is 65.2 Å². The molecule has 115 valence electrons. The van der Waals surface area contributed by atoms with Gasteiger partial charge >= 0.3 is 0 Å². The molecule has 0 spiro atoms. The largest absolute Gasteiger partial charge is 0.417 e. The molecule has 0 bridgehead atoms. The predicted molar refractivity (Wildman–Crippen MR) is 93.0 cm³/mol. The van der Waals surface area contributed by atoms with Gasteiger partial charge in [-0.25, -0.2) is 0 Å². The van der Waals surface area contributed by atoms with Crippen LogP contribution in [0.4, 0.5) is 0 Å². The van der Waals surface area contributed by atoms with Gasteiger partial charge in [-0.15, -0.1) is 0 Å². The average Bonchev–Trinajstić information content (AvgIpc) is 2.29. The molecule has 0 saturated heterocycles. The minimum Gasteiger partial charge on any atom is -0.417 e. The quantitative estimate of drug-likeness (QED) is 0.437. The number of rotatable bonds is 11. The van der Waals surface area contributed by atoms with Gasteiger partial charge in [-0.3, -0.25) is 0 Å². The van der Waals surface area contributed by atoms with Crippen LogP contribution in [0.5, 0.6) is 0 Å². The van der Waals surface area contributed by atoms with Crippen molar-refractivity contribution in [2.45, 2.75) is 84.7 Å². The van der Waals surface area contributed by atoms with Crippen molar-refractivity contribution in [3.05, 3.63) is 0 Å². The lowest BCUT2D eigenvalue weighted by molar-refractivity contribution is 0.264. The summed E-state index contributed by atoms with van der Waals surface area (Å²) in [6.07, 6.45) is 6.82. The van der Waals surface area contributed by atoms with E-state index >= 15 is 0 Å². The van der Waals surface area contributed by atoms with E-state index in [2.05, 4.69) is 46.6 Å². The van der Waals surface area contributed by atoms with E-state index in [1.54, 1.807) is 0 Å². The standard InChI is InChI=1S/C16H37OSi2/c1-8-15(12-13-17-18(3)4)10-11-16(9-2)14-19(5,6)7/h15-16H,8-14H2,1-7H3. The van der Waals surface area contributed by atoms with Crippen LogP contribution in [0, 0.1) is 11.8 Å². The molecule has 2 atom stereocenters. The lowest BCUT2D eigenvalue weighted by Crippen LogP contribution is -2.24. The molecule has 1 nitrogen and oxygen atoms in total. The highest BCUT2D eigenvalue weighted by molar-refractivity contribution is 6.76. The van der Waals surface area contributed by atoms with Gasteiger partial charge in [0, 0.05) is 14.7 Å². The Morgan fingerprint density at radius 2 is 1.42 bits per heavy atom. The molecule has 0 aromatic rings. The Balaban J connectivity index is 3.96. The molecule has 1 radical (unpaired) electrons. The van der Waals surface area contributed by atoms with Crippen molar-refractivity contribution in [3.63, 3.8) is 0 Å². The minimum atomic E-state index is -0.884. The van der Waals surface area contributed by atoms with Crippen molar-refractivity contribution in [3.8, 4) is 0 Å². The maximum atomic E-state index is 5.80. The summed E-state index contributed by atoms with van der Waals surface area (Å²) in [7, 11) is -1.38. The molecule has 0 aliphatic carbocycles. The van der Waals surface area contributed by atoms with Crippen LogP contribution < -0.4 is 0 Å². The third-order valence-electron chi connectivity index (χ3n) is 3.96. The van der Waals surface area contributed by atoms with E-state index in [0.29, 0.717) is 0 Å². The van der Waals surface area contributed by atoms with Crippen LogP contribution in [-0.4, -0.2) is 23.7 Å². The molecule has 0 amide bonds. The Bertz CT molecular complexity index is 211. The highest BCUT2D eigenvalue weighted by Crippen LogP contribution is 2.27. The maximum absolute atomic E-state index is 5.80. The first-order valence-corrected chi connectivity index (χ1v) is 14.3. The van der Waals surface area contributed by atoms with E-state index in [1.165, 1.54) is 38.1 Å². The molecular weight excluding hydrogens is 264 g/mol. The van der Waals surface area contributed by atoms with Crippen LogP contribution in [0.3, 0.4) is 0 Å². The molecular formula is C16H37OSi2. The lowest BCUT2D eigenvalue weighted by atomic mass is 9.91. The van der Waals surface area contributed by atoms with Crippen LogP contribution in [0.1, 0.15) is 46.0 Å².